The fourth-order valence-corrected chi connectivity index (χ4v) is 4.85. The van der Waals surface area contributed by atoms with Crippen LogP contribution < -0.4 is 4.72 Å². The molecule has 1 aliphatic heterocycles. The van der Waals surface area contributed by atoms with Gasteiger partial charge in [-0.05, 0) is 45.4 Å². The normalized spacial score (nSPS) is 18.8. The van der Waals surface area contributed by atoms with Crippen LogP contribution in [-0.4, -0.2) is 55.3 Å². The summed E-state index contributed by atoms with van der Waals surface area (Å²) < 4.78 is 32.8. The van der Waals surface area contributed by atoms with Crippen molar-refractivity contribution in [2.24, 2.45) is 0 Å². The van der Waals surface area contributed by atoms with Gasteiger partial charge < -0.3 is 9.32 Å². The zero-order valence-electron chi connectivity index (χ0n) is 17.4. The average molecular weight is 420 g/mol. The lowest BCUT2D eigenvalue weighted by Crippen LogP contribution is -2.53. The number of sulfonamides is 1. The lowest BCUT2D eigenvalue weighted by molar-refractivity contribution is 0.0442. The van der Waals surface area contributed by atoms with E-state index in [4.69, 9.17) is 4.42 Å². The summed E-state index contributed by atoms with van der Waals surface area (Å²) in [4.78, 5) is 17.0. The quantitative estimate of drug-likeness (QED) is 0.806. The van der Waals surface area contributed by atoms with Gasteiger partial charge in [0.15, 0.2) is 5.76 Å². The Bertz CT molecular complexity index is 948. The number of carbonyl (C=O) groups excluding carboxylic acids is 1. The van der Waals surface area contributed by atoms with E-state index in [0.717, 1.165) is 19.6 Å². The van der Waals surface area contributed by atoms with Crippen LogP contribution in [0.4, 0.5) is 0 Å². The highest BCUT2D eigenvalue weighted by Crippen LogP contribution is 2.20. The van der Waals surface area contributed by atoms with Crippen LogP contribution in [0.25, 0.3) is 0 Å². The molecular formula is C21H29N3O4S. The summed E-state index contributed by atoms with van der Waals surface area (Å²) >= 11 is 0. The largest absolute Gasteiger partial charge is 0.438 e. The van der Waals surface area contributed by atoms with E-state index in [1.807, 2.05) is 25.1 Å². The van der Waals surface area contributed by atoms with E-state index in [1.165, 1.54) is 17.7 Å². The Labute approximate surface area is 172 Å². The number of hydrogen-bond acceptors (Lipinski definition) is 5. The van der Waals surface area contributed by atoms with Crippen LogP contribution in [0, 0.1) is 0 Å². The fourth-order valence-electron chi connectivity index (χ4n) is 3.49. The van der Waals surface area contributed by atoms with Gasteiger partial charge in [0.05, 0.1) is 0 Å². The number of benzene rings is 1. The molecule has 158 valence electrons. The number of nitrogens with one attached hydrogen (secondary N) is 1. The lowest BCUT2D eigenvalue weighted by Gasteiger charge is -2.39. The predicted molar refractivity (Wildman–Crippen MR) is 111 cm³/mol. The summed E-state index contributed by atoms with van der Waals surface area (Å²) in [5, 5.41) is -0.244. The van der Waals surface area contributed by atoms with Crippen LogP contribution in [-0.2, 0) is 16.6 Å². The van der Waals surface area contributed by atoms with Crippen molar-refractivity contribution in [1.29, 1.82) is 0 Å². The monoisotopic (exact) mass is 419 g/mol. The molecule has 0 saturated carbocycles. The van der Waals surface area contributed by atoms with Gasteiger partial charge in [-0.15, -0.1) is 0 Å². The Morgan fingerprint density at radius 3 is 2.45 bits per heavy atom. The summed E-state index contributed by atoms with van der Waals surface area (Å²) in [6.45, 7) is 10.1. The Morgan fingerprint density at radius 2 is 1.83 bits per heavy atom. The van der Waals surface area contributed by atoms with E-state index >= 15 is 0 Å². The molecule has 1 aromatic carbocycles. The second-order valence-electron chi connectivity index (χ2n) is 8.54. The van der Waals surface area contributed by atoms with Crippen molar-refractivity contribution in [3.63, 3.8) is 0 Å². The van der Waals surface area contributed by atoms with Crippen molar-refractivity contribution >= 4 is 15.9 Å². The Morgan fingerprint density at radius 1 is 1.14 bits per heavy atom. The van der Waals surface area contributed by atoms with Crippen LogP contribution >= 0.6 is 0 Å². The van der Waals surface area contributed by atoms with Gasteiger partial charge in [0.25, 0.3) is 15.9 Å². The fraction of sp³-hybridized carbons (Fsp3) is 0.476. The van der Waals surface area contributed by atoms with Gasteiger partial charge in [-0.3, -0.25) is 9.69 Å². The van der Waals surface area contributed by atoms with E-state index < -0.39 is 15.6 Å². The average Bonchev–Trinajstić information content (AvgIpc) is 3.11. The first-order valence-electron chi connectivity index (χ1n) is 9.76. The zero-order valence-corrected chi connectivity index (χ0v) is 18.2. The van der Waals surface area contributed by atoms with E-state index in [1.54, 1.807) is 25.7 Å². The van der Waals surface area contributed by atoms with Gasteiger partial charge in [0.2, 0.25) is 5.09 Å². The summed E-state index contributed by atoms with van der Waals surface area (Å²) in [6.07, 6.45) is 0. The third kappa shape index (κ3) is 5.46. The van der Waals surface area contributed by atoms with Gasteiger partial charge in [-0.1, -0.05) is 30.3 Å². The van der Waals surface area contributed by atoms with Gasteiger partial charge in [-0.2, -0.15) is 0 Å². The molecule has 0 aliphatic carbocycles. The second kappa shape index (κ2) is 8.30. The molecule has 0 bridgehead atoms. The van der Waals surface area contributed by atoms with Crippen molar-refractivity contribution < 1.29 is 17.6 Å². The van der Waals surface area contributed by atoms with Crippen molar-refractivity contribution in [3.8, 4) is 0 Å². The molecule has 1 saturated heterocycles. The summed E-state index contributed by atoms with van der Waals surface area (Å²) in [7, 11) is -3.81. The zero-order chi connectivity index (χ0) is 21.2. The Balaban J connectivity index is 1.65. The molecule has 29 heavy (non-hydrogen) atoms. The van der Waals surface area contributed by atoms with Crippen LogP contribution in [0.1, 0.15) is 43.8 Å². The van der Waals surface area contributed by atoms with Gasteiger partial charge in [0, 0.05) is 37.8 Å². The van der Waals surface area contributed by atoms with Crippen molar-refractivity contribution in [2.75, 3.05) is 19.6 Å². The molecule has 1 aliphatic rings. The van der Waals surface area contributed by atoms with Crippen LogP contribution in [0.3, 0.4) is 0 Å². The molecule has 1 atom stereocenters. The van der Waals surface area contributed by atoms with Crippen LogP contribution in [0.5, 0.6) is 0 Å². The standard InChI is InChI=1S/C21H29N3O4S/c1-16-14-23(15-17-8-6-5-7-9-17)12-13-24(16)20(25)18-10-11-19(28-18)29(26,27)22-21(2,3)4/h5-11,16,22H,12-15H2,1-4H3. The summed E-state index contributed by atoms with van der Waals surface area (Å²) in [5.74, 6) is -0.239. The first-order valence-corrected chi connectivity index (χ1v) is 11.2. The molecule has 2 aromatic rings. The maximum atomic E-state index is 12.9. The molecule has 1 fully saturated rings. The maximum absolute atomic E-state index is 12.9. The van der Waals surface area contributed by atoms with E-state index in [-0.39, 0.29) is 22.8 Å². The minimum Gasteiger partial charge on any atom is -0.438 e. The highest BCUT2D eigenvalue weighted by Gasteiger charge is 2.31. The highest BCUT2D eigenvalue weighted by atomic mass is 32.2. The molecular weight excluding hydrogens is 390 g/mol. The number of amides is 1. The molecule has 1 N–H and O–H groups in total. The van der Waals surface area contributed by atoms with E-state index in [0.29, 0.717) is 6.54 Å². The van der Waals surface area contributed by atoms with Gasteiger partial charge in [0.1, 0.15) is 0 Å². The first-order chi connectivity index (χ1) is 13.5. The van der Waals surface area contributed by atoms with Gasteiger partial charge >= 0.3 is 0 Å². The maximum Gasteiger partial charge on any atom is 0.289 e. The third-order valence-corrected chi connectivity index (χ3v) is 6.35. The van der Waals surface area contributed by atoms with E-state index in [2.05, 4.69) is 21.8 Å². The second-order valence-corrected chi connectivity index (χ2v) is 10.2. The molecule has 3 rings (SSSR count). The highest BCUT2D eigenvalue weighted by molar-refractivity contribution is 7.89. The molecule has 0 spiro atoms. The Hall–Kier alpha value is -2.16. The number of piperazine rings is 1. The molecule has 1 unspecified atom stereocenters. The lowest BCUT2D eigenvalue weighted by atomic mass is 10.1. The van der Waals surface area contributed by atoms with Crippen LogP contribution in [0.15, 0.2) is 52.0 Å². The topological polar surface area (TPSA) is 82.9 Å². The van der Waals surface area contributed by atoms with Crippen molar-refractivity contribution in [3.05, 3.63) is 53.8 Å². The summed E-state index contributed by atoms with van der Waals surface area (Å²) in [6, 6.07) is 13.0. The van der Waals surface area contributed by atoms with Crippen molar-refractivity contribution in [2.45, 2.75) is 50.9 Å². The summed E-state index contributed by atoms with van der Waals surface area (Å²) in [5.41, 5.74) is 0.603. The molecule has 1 amide bonds. The van der Waals surface area contributed by atoms with Gasteiger partial charge in [-0.25, -0.2) is 13.1 Å². The molecule has 1 aromatic heterocycles. The number of furan rings is 1. The minimum absolute atomic E-state index is 0.00202. The van der Waals surface area contributed by atoms with Crippen molar-refractivity contribution in [1.82, 2.24) is 14.5 Å². The number of rotatable bonds is 5. The number of nitrogens with zero attached hydrogens (tertiary/aromatic N) is 2. The smallest absolute Gasteiger partial charge is 0.289 e. The van der Waals surface area contributed by atoms with E-state index in [9.17, 15) is 13.2 Å². The Kier molecular flexibility index (Phi) is 6.16. The first kappa shape index (κ1) is 21.5. The minimum atomic E-state index is -3.81. The molecule has 0 radical (unpaired) electrons. The number of carbonyl (C=O) groups is 1. The predicted octanol–water partition coefficient (Wildman–Crippen LogP) is 2.70. The molecule has 7 nitrogen and oxygen atoms in total. The SMILES string of the molecule is CC1CN(Cc2ccccc2)CCN1C(=O)c1ccc(S(=O)(=O)NC(C)(C)C)o1. The van der Waals surface area contributed by atoms with Crippen LogP contribution in [0.2, 0.25) is 0 Å². The third-order valence-electron chi connectivity index (χ3n) is 4.72. The number of hydrogen-bond donors (Lipinski definition) is 1. The molecule has 2 heterocycles. The molecule has 8 heteroatoms.